The molecule has 6 nitrogen and oxygen atoms in total. The van der Waals surface area contributed by atoms with Gasteiger partial charge in [-0.15, -0.1) is 0 Å². The molecule has 0 aliphatic carbocycles. The fraction of sp³-hybridized carbons (Fsp3) is 0.435. The average Bonchev–Trinajstić information content (AvgIpc) is 3.08. The van der Waals surface area contributed by atoms with Crippen molar-refractivity contribution in [2.75, 3.05) is 26.3 Å². The van der Waals surface area contributed by atoms with Gasteiger partial charge in [0.2, 0.25) is 5.91 Å². The van der Waals surface area contributed by atoms with E-state index in [0.717, 1.165) is 54.1 Å². The van der Waals surface area contributed by atoms with E-state index >= 15 is 0 Å². The monoisotopic (exact) mass is 411 g/mol. The number of nitrogens with zero attached hydrogens (tertiary/aromatic N) is 4. The summed E-state index contributed by atoms with van der Waals surface area (Å²) in [6.45, 7) is 9.20. The summed E-state index contributed by atoms with van der Waals surface area (Å²) >= 11 is 0. The van der Waals surface area contributed by atoms with Crippen molar-refractivity contribution in [3.8, 4) is 11.3 Å². The molecule has 1 fully saturated rings. The lowest BCUT2D eigenvalue weighted by Gasteiger charge is -2.30. The van der Waals surface area contributed by atoms with Crippen LogP contribution in [0, 0.1) is 19.8 Å². The Morgan fingerprint density at radius 2 is 2.10 bits per heavy atom. The zero-order valence-corrected chi connectivity index (χ0v) is 18.0. The Balaban J connectivity index is 1.74. The van der Waals surface area contributed by atoms with Gasteiger partial charge >= 0.3 is 0 Å². The minimum atomic E-state index is -0.346. The van der Waals surface area contributed by atoms with E-state index in [1.807, 2.05) is 43.8 Å². The topological polar surface area (TPSA) is 62.5 Å². The highest BCUT2D eigenvalue weighted by atomic mass is 19.1. The Kier molecular flexibility index (Phi) is 7.15. The first kappa shape index (κ1) is 21.9. The van der Waals surface area contributed by atoms with E-state index in [-0.39, 0.29) is 18.5 Å². The third kappa shape index (κ3) is 5.02. The van der Waals surface area contributed by atoms with Crippen molar-refractivity contribution in [3.63, 3.8) is 0 Å². The molecule has 0 bridgehead atoms. The molecule has 1 aliphatic rings. The van der Waals surface area contributed by atoms with Gasteiger partial charge in [-0.05, 0) is 69.8 Å². The Morgan fingerprint density at radius 1 is 1.37 bits per heavy atom. The second-order valence-electron chi connectivity index (χ2n) is 7.80. The van der Waals surface area contributed by atoms with Crippen LogP contribution in [0.15, 0.2) is 35.2 Å². The van der Waals surface area contributed by atoms with E-state index < -0.39 is 0 Å². The molecule has 0 spiro atoms. The number of alkyl halides is 1. The molecule has 30 heavy (non-hydrogen) atoms. The van der Waals surface area contributed by atoms with Crippen molar-refractivity contribution in [3.05, 3.63) is 47.2 Å². The molecule has 7 heteroatoms. The van der Waals surface area contributed by atoms with Crippen molar-refractivity contribution >= 4 is 18.7 Å². The van der Waals surface area contributed by atoms with Crippen LogP contribution >= 0.6 is 0 Å². The fourth-order valence-electron chi connectivity index (χ4n) is 3.76. The Bertz CT molecular complexity index is 941. The van der Waals surface area contributed by atoms with Gasteiger partial charge in [0.25, 0.3) is 0 Å². The van der Waals surface area contributed by atoms with E-state index in [1.165, 1.54) is 0 Å². The number of hydrogen-bond acceptors (Lipinski definition) is 4. The molecule has 1 aliphatic heterocycles. The molecule has 2 aromatic rings. The van der Waals surface area contributed by atoms with Crippen LogP contribution in [0.4, 0.5) is 4.39 Å². The quantitative estimate of drug-likeness (QED) is 0.710. The van der Waals surface area contributed by atoms with Gasteiger partial charge < -0.3 is 14.8 Å². The normalized spacial score (nSPS) is 15.9. The highest BCUT2D eigenvalue weighted by Crippen LogP contribution is 2.24. The molecule has 0 atom stereocenters. The number of carbonyl (C=O) groups is 1. The molecule has 1 N–H and O–H groups in total. The molecular weight excluding hydrogens is 381 g/mol. The van der Waals surface area contributed by atoms with Crippen LogP contribution in [0.3, 0.4) is 0 Å². The van der Waals surface area contributed by atoms with Gasteiger partial charge in [-0.2, -0.15) is 0 Å². The number of carbonyl (C=O) groups excluding carboxylic acids is 1. The lowest BCUT2D eigenvalue weighted by atomic mass is 9.96. The van der Waals surface area contributed by atoms with Crippen molar-refractivity contribution in [1.82, 2.24) is 19.8 Å². The van der Waals surface area contributed by atoms with Crippen molar-refractivity contribution in [2.45, 2.75) is 26.7 Å². The number of likely N-dealkylation sites (tertiary alicyclic amines) is 1. The molecular formula is C23H30FN5O. The summed E-state index contributed by atoms with van der Waals surface area (Å²) in [5.41, 5.74) is 4.11. The summed E-state index contributed by atoms with van der Waals surface area (Å²) < 4.78 is 14.5. The predicted octanol–water partition coefficient (Wildman–Crippen LogP) is 3.50. The van der Waals surface area contributed by atoms with Gasteiger partial charge in [0, 0.05) is 25.1 Å². The van der Waals surface area contributed by atoms with Gasteiger partial charge in [-0.1, -0.05) is 12.1 Å². The maximum Gasteiger partial charge on any atom is 0.228 e. The average molecular weight is 412 g/mol. The van der Waals surface area contributed by atoms with E-state index in [2.05, 4.69) is 39.0 Å². The number of nitrogens with one attached hydrogen (secondary N) is 1. The lowest BCUT2D eigenvalue weighted by Crippen LogP contribution is -2.40. The van der Waals surface area contributed by atoms with E-state index in [9.17, 15) is 9.18 Å². The number of halogens is 1. The van der Waals surface area contributed by atoms with Crippen molar-refractivity contribution < 1.29 is 9.18 Å². The van der Waals surface area contributed by atoms with Crippen LogP contribution in [0.1, 0.15) is 29.8 Å². The van der Waals surface area contributed by atoms with Crippen LogP contribution in [0.5, 0.6) is 0 Å². The molecule has 1 saturated heterocycles. The number of rotatable bonds is 7. The summed E-state index contributed by atoms with van der Waals surface area (Å²) in [5, 5.41) is 2.92. The molecule has 1 aromatic heterocycles. The molecule has 1 amide bonds. The highest BCUT2D eigenvalue weighted by Gasteiger charge is 2.25. The summed E-state index contributed by atoms with van der Waals surface area (Å²) in [6.07, 6.45) is 5.16. The van der Waals surface area contributed by atoms with Crippen LogP contribution in [-0.4, -0.2) is 53.4 Å². The lowest BCUT2D eigenvalue weighted by molar-refractivity contribution is -0.125. The number of aliphatic imine (C=N–C) groups is 1. The van der Waals surface area contributed by atoms with Gasteiger partial charge in [0.1, 0.15) is 18.3 Å². The maximum absolute atomic E-state index is 12.7. The first-order chi connectivity index (χ1) is 14.4. The first-order valence-corrected chi connectivity index (χ1v) is 10.3. The van der Waals surface area contributed by atoms with E-state index in [0.29, 0.717) is 12.4 Å². The van der Waals surface area contributed by atoms with Gasteiger partial charge in [0.05, 0.1) is 11.9 Å². The Hall–Kier alpha value is -2.80. The molecule has 3 rings (SSSR count). The summed E-state index contributed by atoms with van der Waals surface area (Å²) in [7, 11) is 1.99. The van der Waals surface area contributed by atoms with Crippen LogP contribution in [0.2, 0.25) is 0 Å². The summed E-state index contributed by atoms with van der Waals surface area (Å²) in [4.78, 5) is 23.2. The molecule has 0 saturated carbocycles. The Labute approximate surface area is 177 Å². The zero-order valence-electron chi connectivity index (χ0n) is 18.0. The number of aryl methyl sites for hydroxylation is 2. The standard InChI is InChI=1S/C23H30FN5O/c1-16-5-6-19(21-15-26-17(2)28(21)4)13-20(16)14-22(25-3)27-23(30)18-7-10-29(11-8-18)12-9-24/h5-6,13-15,18H,3,7-12H2,1-2,4H3,(H,27,30)/b22-14+. The number of amides is 1. The number of piperidine rings is 1. The minimum absolute atomic E-state index is 0.0513. The number of aromatic nitrogens is 2. The first-order valence-electron chi connectivity index (χ1n) is 10.3. The van der Waals surface area contributed by atoms with Gasteiger partial charge in [-0.25, -0.2) is 14.4 Å². The second kappa shape index (κ2) is 9.80. The van der Waals surface area contributed by atoms with Gasteiger partial charge in [0.15, 0.2) is 0 Å². The Morgan fingerprint density at radius 3 is 2.70 bits per heavy atom. The highest BCUT2D eigenvalue weighted by molar-refractivity contribution is 5.82. The van der Waals surface area contributed by atoms with E-state index in [4.69, 9.17) is 0 Å². The van der Waals surface area contributed by atoms with E-state index in [1.54, 1.807) is 0 Å². The third-order valence-corrected chi connectivity index (χ3v) is 5.87. The molecule has 1 aromatic carbocycles. The van der Waals surface area contributed by atoms with Gasteiger partial charge in [-0.3, -0.25) is 4.79 Å². The van der Waals surface area contributed by atoms with Crippen LogP contribution in [0.25, 0.3) is 17.3 Å². The van der Waals surface area contributed by atoms with Crippen LogP contribution < -0.4 is 5.32 Å². The molecule has 160 valence electrons. The largest absolute Gasteiger partial charge is 0.331 e. The zero-order chi connectivity index (χ0) is 21.7. The molecule has 0 radical (unpaired) electrons. The molecule has 0 unspecified atom stereocenters. The molecule has 2 heterocycles. The third-order valence-electron chi connectivity index (χ3n) is 5.87. The maximum atomic E-state index is 12.7. The van der Waals surface area contributed by atoms with Crippen molar-refractivity contribution in [1.29, 1.82) is 0 Å². The second-order valence-corrected chi connectivity index (χ2v) is 7.80. The smallest absolute Gasteiger partial charge is 0.228 e. The predicted molar refractivity (Wildman–Crippen MR) is 119 cm³/mol. The van der Waals surface area contributed by atoms with Crippen LogP contribution in [-0.2, 0) is 11.8 Å². The summed E-state index contributed by atoms with van der Waals surface area (Å²) in [5.74, 6) is 1.24. The number of imidazole rings is 1. The SMILES string of the molecule is C=N/C(=C\c1cc(-c2cnc(C)n2C)ccc1C)NC(=O)C1CCN(CCF)CC1. The summed E-state index contributed by atoms with van der Waals surface area (Å²) in [6, 6.07) is 6.18. The number of hydrogen-bond donors (Lipinski definition) is 1. The minimum Gasteiger partial charge on any atom is -0.331 e. The number of benzene rings is 1. The van der Waals surface area contributed by atoms with Crippen molar-refractivity contribution in [2.24, 2.45) is 18.0 Å². The fourth-order valence-corrected chi connectivity index (χ4v) is 3.76.